The van der Waals surface area contributed by atoms with Crippen molar-refractivity contribution < 1.29 is 0 Å². The third-order valence-corrected chi connectivity index (χ3v) is 3.51. The second kappa shape index (κ2) is 5.29. The average Bonchev–Trinajstić information content (AvgIpc) is 2.33. The van der Waals surface area contributed by atoms with Gasteiger partial charge in [0, 0.05) is 5.71 Å². The van der Waals surface area contributed by atoms with Crippen LogP contribution >= 0.6 is 0 Å². The Morgan fingerprint density at radius 2 is 1.75 bits per heavy atom. The Balaban J connectivity index is 2.01. The van der Waals surface area contributed by atoms with Crippen LogP contribution in [-0.2, 0) is 0 Å². The van der Waals surface area contributed by atoms with Crippen molar-refractivity contribution in [2.24, 2.45) is 10.9 Å². The largest absolute Gasteiger partial charge is 0.286 e. The zero-order valence-electron chi connectivity index (χ0n) is 10.3. The van der Waals surface area contributed by atoms with Gasteiger partial charge in [0.1, 0.15) is 0 Å². The summed E-state index contributed by atoms with van der Waals surface area (Å²) in [5, 5.41) is 0. The molecule has 1 unspecified atom stereocenters. The highest BCUT2D eigenvalue weighted by Crippen LogP contribution is 2.24. The van der Waals surface area contributed by atoms with Crippen molar-refractivity contribution >= 4 is 5.71 Å². The highest BCUT2D eigenvalue weighted by Gasteiger charge is 2.14. The molecular formula is C15H21N. The molecule has 0 aromatic heterocycles. The Bertz CT molecular complexity index is 343. The van der Waals surface area contributed by atoms with Gasteiger partial charge in [0.15, 0.2) is 0 Å². The fraction of sp³-hybridized carbons (Fsp3) is 0.533. The molecule has 1 nitrogen and oxygen atoms in total. The number of hydrogen-bond acceptors (Lipinski definition) is 1. The van der Waals surface area contributed by atoms with Crippen molar-refractivity contribution in [3.8, 4) is 0 Å². The van der Waals surface area contributed by atoms with E-state index < -0.39 is 0 Å². The minimum atomic E-state index is 0.324. The third kappa shape index (κ3) is 2.94. The van der Waals surface area contributed by atoms with Gasteiger partial charge in [-0.1, -0.05) is 37.3 Å². The van der Waals surface area contributed by atoms with E-state index in [1.54, 1.807) is 0 Å². The highest BCUT2D eigenvalue weighted by molar-refractivity contribution is 5.85. The Labute approximate surface area is 98.6 Å². The first-order chi connectivity index (χ1) is 7.75. The van der Waals surface area contributed by atoms with Gasteiger partial charge in [-0.15, -0.1) is 0 Å². The number of hydrogen-bond donors (Lipinski definition) is 0. The van der Waals surface area contributed by atoms with E-state index in [1.807, 2.05) is 0 Å². The smallest absolute Gasteiger partial charge is 0.0720 e. The van der Waals surface area contributed by atoms with Crippen LogP contribution in [0.25, 0.3) is 0 Å². The second-order valence-electron chi connectivity index (χ2n) is 4.96. The van der Waals surface area contributed by atoms with E-state index in [-0.39, 0.29) is 0 Å². The lowest BCUT2D eigenvalue weighted by Crippen LogP contribution is -2.12. The summed E-state index contributed by atoms with van der Waals surface area (Å²) in [5.41, 5.74) is 2.75. The Hall–Kier alpha value is -1.11. The lowest BCUT2D eigenvalue weighted by atomic mass is 9.89. The van der Waals surface area contributed by atoms with E-state index in [2.05, 4.69) is 44.2 Å². The molecule has 0 spiro atoms. The van der Waals surface area contributed by atoms with Crippen LogP contribution in [-0.4, -0.2) is 5.71 Å². The zero-order chi connectivity index (χ0) is 11.4. The van der Waals surface area contributed by atoms with Gasteiger partial charge in [-0.2, -0.15) is 0 Å². The van der Waals surface area contributed by atoms with Crippen LogP contribution in [0.2, 0.25) is 0 Å². The Morgan fingerprint density at radius 1 is 1.12 bits per heavy atom. The van der Waals surface area contributed by atoms with Crippen LogP contribution in [0.3, 0.4) is 0 Å². The minimum absolute atomic E-state index is 0.324. The summed E-state index contributed by atoms with van der Waals surface area (Å²) in [6.07, 6.45) is 5.05. The van der Waals surface area contributed by atoms with Crippen LogP contribution in [0.15, 0.2) is 35.3 Å². The molecule has 0 bridgehead atoms. The summed E-state index contributed by atoms with van der Waals surface area (Å²) in [6.45, 7) is 4.54. The number of nitrogens with zero attached hydrogens (tertiary/aromatic N) is 1. The monoisotopic (exact) mass is 215 g/mol. The van der Waals surface area contributed by atoms with Crippen molar-refractivity contribution in [2.75, 3.05) is 0 Å². The second-order valence-corrected chi connectivity index (χ2v) is 4.96. The molecule has 0 N–H and O–H groups in total. The molecule has 0 aliphatic heterocycles. The lowest BCUT2D eigenvalue weighted by Gasteiger charge is -2.20. The molecule has 0 radical (unpaired) electrons. The first-order valence-corrected chi connectivity index (χ1v) is 6.36. The van der Waals surface area contributed by atoms with Gasteiger partial charge in [-0.3, -0.25) is 4.99 Å². The van der Waals surface area contributed by atoms with Gasteiger partial charge >= 0.3 is 0 Å². The number of rotatable bonds is 2. The molecule has 1 aliphatic rings. The van der Waals surface area contributed by atoms with Gasteiger partial charge in [-0.25, -0.2) is 0 Å². The van der Waals surface area contributed by atoms with Crippen LogP contribution < -0.4 is 0 Å². The van der Waals surface area contributed by atoms with Crippen molar-refractivity contribution in [3.05, 3.63) is 35.9 Å². The lowest BCUT2D eigenvalue weighted by molar-refractivity contribution is 0.481. The van der Waals surface area contributed by atoms with Gasteiger partial charge < -0.3 is 0 Å². The van der Waals surface area contributed by atoms with Crippen LogP contribution in [0.4, 0.5) is 0 Å². The number of aliphatic imine (C=N–C) groups is 1. The first-order valence-electron chi connectivity index (χ1n) is 6.36. The van der Waals surface area contributed by atoms with E-state index >= 15 is 0 Å². The van der Waals surface area contributed by atoms with Crippen molar-refractivity contribution in [1.82, 2.24) is 0 Å². The van der Waals surface area contributed by atoms with Crippen molar-refractivity contribution in [2.45, 2.75) is 45.6 Å². The molecule has 1 saturated carbocycles. The molecule has 16 heavy (non-hydrogen) atoms. The standard InChI is InChI=1S/C15H21N/c1-12-8-10-15(11-9-12)16-13(2)14-6-4-3-5-7-14/h3-7,12-13H,8-11H2,1-2H3. The fourth-order valence-corrected chi connectivity index (χ4v) is 2.30. The molecule has 0 saturated heterocycles. The predicted molar refractivity (Wildman–Crippen MR) is 69.9 cm³/mol. The van der Waals surface area contributed by atoms with E-state index in [4.69, 9.17) is 4.99 Å². The normalized spacial score (nSPS) is 22.9. The quantitative estimate of drug-likeness (QED) is 0.693. The van der Waals surface area contributed by atoms with Gasteiger partial charge in [0.05, 0.1) is 6.04 Å². The van der Waals surface area contributed by atoms with Crippen molar-refractivity contribution in [3.63, 3.8) is 0 Å². The molecule has 0 amide bonds. The average molecular weight is 215 g/mol. The maximum absolute atomic E-state index is 4.86. The summed E-state index contributed by atoms with van der Waals surface area (Å²) >= 11 is 0. The Kier molecular flexibility index (Phi) is 3.76. The van der Waals surface area contributed by atoms with Crippen LogP contribution in [0, 0.1) is 5.92 Å². The van der Waals surface area contributed by atoms with Crippen molar-refractivity contribution in [1.29, 1.82) is 0 Å². The summed E-state index contributed by atoms with van der Waals surface area (Å²) in [7, 11) is 0. The molecule has 0 heterocycles. The Morgan fingerprint density at radius 3 is 2.38 bits per heavy atom. The van der Waals surface area contributed by atoms with Gasteiger partial charge in [0.25, 0.3) is 0 Å². The molecule has 1 aromatic rings. The van der Waals surface area contributed by atoms with E-state index in [0.717, 1.165) is 5.92 Å². The van der Waals surface area contributed by atoms with E-state index in [9.17, 15) is 0 Å². The molecule has 1 atom stereocenters. The fourth-order valence-electron chi connectivity index (χ4n) is 2.30. The SMILES string of the molecule is CC1CCC(=NC(C)c2ccccc2)CC1. The maximum atomic E-state index is 4.86. The molecule has 1 fully saturated rings. The first kappa shape index (κ1) is 11.4. The predicted octanol–water partition coefficient (Wildman–Crippen LogP) is 4.40. The molecular weight excluding hydrogens is 194 g/mol. The van der Waals surface area contributed by atoms with E-state index in [0.29, 0.717) is 6.04 Å². The van der Waals surface area contributed by atoms with Gasteiger partial charge in [0.2, 0.25) is 0 Å². The molecule has 2 rings (SSSR count). The third-order valence-electron chi connectivity index (χ3n) is 3.51. The molecule has 1 aromatic carbocycles. The van der Waals surface area contributed by atoms with Gasteiger partial charge in [-0.05, 0) is 44.1 Å². The molecule has 1 heteroatoms. The highest BCUT2D eigenvalue weighted by atomic mass is 14.8. The van der Waals surface area contributed by atoms with Crippen LogP contribution in [0.5, 0.6) is 0 Å². The van der Waals surface area contributed by atoms with Crippen LogP contribution in [0.1, 0.15) is 51.1 Å². The molecule has 86 valence electrons. The van der Waals surface area contributed by atoms with E-state index in [1.165, 1.54) is 37.0 Å². The maximum Gasteiger partial charge on any atom is 0.0720 e. The zero-order valence-corrected chi connectivity index (χ0v) is 10.3. The number of benzene rings is 1. The summed E-state index contributed by atoms with van der Waals surface area (Å²) in [6, 6.07) is 10.9. The summed E-state index contributed by atoms with van der Waals surface area (Å²) < 4.78 is 0. The summed E-state index contributed by atoms with van der Waals surface area (Å²) in [5.74, 6) is 0.894. The minimum Gasteiger partial charge on any atom is -0.286 e. The topological polar surface area (TPSA) is 12.4 Å². The molecule has 1 aliphatic carbocycles. The summed E-state index contributed by atoms with van der Waals surface area (Å²) in [4.78, 5) is 4.86.